The van der Waals surface area contributed by atoms with Gasteiger partial charge >= 0.3 is 17.9 Å². The first-order valence-electron chi connectivity index (χ1n) is 21.5. The molecule has 0 saturated heterocycles. The van der Waals surface area contributed by atoms with E-state index in [1.165, 1.54) is 18.4 Å². The highest BCUT2D eigenvalue weighted by atomic mass is 35.5. The maximum atomic E-state index is 12.8. The summed E-state index contributed by atoms with van der Waals surface area (Å²) in [6, 6.07) is 3.86. The van der Waals surface area contributed by atoms with Crippen molar-refractivity contribution in [2.75, 3.05) is 7.11 Å². The Morgan fingerprint density at radius 1 is 0.641 bits per heavy atom. The number of aryl methyl sites for hydroxylation is 4. The minimum absolute atomic E-state index is 0.0141. The zero-order valence-electron chi connectivity index (χ0n) is 42.1. The van der Waals surface area contributed by atoms with E-state index in [2.05, 4.69) is 94.2 Å². The van der Waals surface area contributed by atoms with Gasteiger partial charge in [-0.15, -0.1) is 54.7 Å². The maximum Gasteiger partial charge on any atom is 0.340 e. The summed E-state index contributed by atoms with van der Waals surface area (Å²) < 4.78 is 33.4. The first kappa shape index (κ1) is 55.1. The van der Waals surface area contributed by atoms with Crippen molar-refractivity contribution in [3.05, 3.63) is 56.3 Å². The largest absolute Gasteiger partial charge is 0.465 e. The number of aromatic nitrogens is 6. The zero-order chi connectivity index (χ0) is 49.1. The van der Waals surface area contributed by atoms with Gasteiger partial charge in [-0.2, -0.15) is 0 Å². The molecule has 4 rings (SSSR count). The Labute approximate surface area is 396 Å². The van der Waals surface area contributed by atoms with Crippen molar-refractivity contribution in [2.24, 2.45) is 0 Å². The number of nitrogens with zero attached hydrogens (tertiary/aromatic N) is 6. The fourth-order valence-corrected chi connectivity index (χ4v) is 10.9. The summed E-state index contributed by atoms with van der Waals surface area (Å²) in [7, 11) is -3.17. The van der Waals surface area contributed by atoms with E-state index in [1.54, 1.807) is 22.0 Å². The quantitative estimate of drug-likeness (QED) is 0.0510. The van der Waals surface area contributed by atoms with Gasteiger partial charge in [0.2, 0.25) is 0 Å². The second kappa shape index (κ2) is 20.7. The molecule has 0 fully saturated rings. The highest BCUT2D eigenvalue weighted by Gasteiger charge is 2.43. The van der Waals surface area contributed by atoms with Gasteiger partial charge in [-0.25, -0.2) is 4.79 Å². The van der Waals surface area contributed by atoms with Crippen LogP contribution >= 0.6 is 34.3 Å². The number of methoxy groups -OCH3 is 1. The number of alkyl halides is 1. The zero-order valence-corrected chi connectivity index (χ0v) is 46.5. The molecular formula is C45H73ClN6O8S2Si2. The molecule has 0 unspecified atom stereocenters. The van der Waals surface area contributed by atoms with Crippen molar-refractivity contribution in [2.45, 2.75) is 189 Å². The van der Waals surface area contributed by atoms with Gasteiger partial charge in [-0.05, 0) is 118 Å². The SMILES string of the molecule is COC(=O)c1cc(C)sc1-n1c(C)nnc1[C@H](CC(=O)OC(C)(C)C)O[Si](C)(C)C(C)(C)C.Cc1cc(CCl)c(-n2c(C)nnc2[C@H](CC(=O)OC(C)(C)C)O[Si](C)(C)C(C)(C)C)s1. The van der Waals surface area contributed by atoms with E-state index in [0.29, 0.717) is 33.9 Å². The van der Waals surface area contributed by atoms with Gasteiger partial charge in [0.15, 0.2) is 28.3 Å². The minimum atomic E-state index is -2.31. The van der Waals surface area contributed by atoms with Crippen molar-refractivity contribution in [3.8, 4) is 10.0 Å². The van der Waals surface area contributed by atoms with E-state index in [4.69, 9.17) is 34.7 Å². The Morgan fingerprint density at radius 3 is 1.38 bits per heavy atom. The van der Waals surface area contributed by atoms with Crippen LogP contribution in [0.2, 0.25) is 36.3 Å². The number of carbonyl (C=O) groups excluding carboxylic acids is 3. The predicted octanol–water partition coefficient (Wildman–Crippen LogP) is 12.0. The predicted molar refractivity (Wildman–Crippen MR) is 261 cm³/mol. The lowest BCUT2D eigenvalue weighted by Gasteiger charge is -2.39. The smallest absolute Gasteiger partial charge is 0.340 e. The molecule has 64 heavy (non-hydrogen) atoms. The molecule has 0 saturated carbocycles. The van der Waals surface area contributed by atoms with E-state index in [-0.39, 0.29) is 34.9 Å². The van der Waals surface area contributed by atoms with Crippen LogP contribution in [0.25, 0.3) is 10.0 Å². The Balaban J connectivity index is 0.000000341. The van der Waals surface area contributed by atoms with E-state index in [9.17, 15) is 14.4 Å². The molecule has 0 aromatic carbocycles. The monoisotopic (exact) mass is 980 g/mol. The number of rotatable bonds is 14. The van der Waals surface area contributed by atoms with Gasteiger partial charge < -0.3 is 23.1 Å². The molecule has 0 aliphatic carbocycles. The molecule has 4 aromatic heterocycles. The van der Waals surface area contributed by atoms with Gasteiger partial charge in [0.1, 0.15) is 45.1 Å². The van der Waals surface area contributed by atoms with Gasteiger partial charge in [0, 0.05) is 15.3 Å². The molecule has 0 radical (unpaired) electrons. The summed E-state index contributed by atoms with van der Waals surface area (Å²) >= 11 is 9.29. The second-order valence-corrected chi connectivity index (χ2v) is 33.3. The lowest BCUT2D eigenvalue weighted by molar-refractivity contribution is -0.158. The molecule has 358 valence electrons. The molecule has 0 spiro atoms. The minimum Gasteiger partial charge on any atom is -0.465 e. The van der Waals surface area contributed by atoms with Crippen molar-refractivity contribution < 1.29 is 37.4 Å². The third kappa shape index (κ3) is 14.4. The van der Waals surface area contributed by atoms with E-state index >= 15 is 0 Å². The maximum absolute atomic E-state index is 12.8. The highest BCUT2D eigenvalue weighted by molar-refractivity contribution is 7.15. The topological polar surface area (TPSA) is 159 Å². The molecular weight excluding hydrogens is 908 g/mol. The van der Waals surface area contributed by atoms with Crippen molar-refractivity contribution >= 4 is 68.8 Å². The molecule has 0 N–H and O–H groups in total. The van der Waals surface area contributed by atoms with E-state index < -0.39 is 46.0 Å². The summed E-state index contributed by atoms with van der Waals surface area (Å²) in [4.78, 5) is 40.2. The number of carbonyl (C=O) groups is 3. The van der Waals surface area contributed by atoms with Crippen molar-refractivity contribution in [1.82, 2.24) is 29.5 Å². The first-order chi connectivity index (χ1) is 29.0. The van der Waals surface area contributed by atoms with Gasteiger partial charge in [-0.3, -0.25) is 18.7 Å². The molecule has 4 heterocycles. The van der Waals surface area contributed by atoms with Crippen LogP contribution in [0.5, 0.6) is 0 Å². The standard InChI is InChI=1S/C23H37N3O5SSi.C22H36ClN3O3SSi/c1-14-12-16(21(28)29-9)20(32-14)26-15(2)24-25-19(26)17(13-18(27)30-22(3,4)5)31-33(10,11)23(6,7)8;1-14-11-16(13-23)20(30-14)26-15(2)24-25-19(26)17(12-18(27)28-21(3,4)5)29-31(9,10)22(6,7)8/h12,17H,13H2,1-11H3;11,17H,12-13H2,1-10H3/t2*17-/m00/s1. The lowest BCUT2D eigenvalue weighted by atomic mass is 10.2. The summed E-state index contributed by atoms with van der Waals surface area (Å²) in [5, 5.41) is 19.0. The Bertz CT molecular complexity index is 2250. The third-order valence-corrected chi connectivity index (χ3v) is 22.4. The van der Waals surface area contributed by atoms with E-state index in [0.717, 1.165) is 26.1 Å². The summed E-state index contributed by atoms with van der Waals surface area (Å²) in [6.07, 6.45) is -1.19. The number of thiophene rings is 2. The summed E-state index contributed by atoms with van der Waals surface area (Å²) in [6.45, 7) is 40.3. The van der Waals surface area contributed by atoms with Crippen LogP contribution < -0.4 is 0 Å². The number of ether oxygens (including phenoxy) is 3. The van der Waals surface area contributed by atoms with Crippen LogP contribution in [-0.2, 0) is 38.5 Å². The number of hydrogen-bond donors (Lipinski definition) is 0. The van der Waals surface area contributed by atoms with Crippen LogP contribution in [0.4, 0.5) is 0 Å². The first-order valence-corrected chi connectivity index (χ1v) is 29.5. The van der Waals surface area contributed by atoms with Crippen LogP contribution in [0.3, 0.4) is 0 Å². The van der Waals surface area contributed by atoms with Crippen LogP contribution in [-0.4, -0.2) is 82.4 Å². The summed E-state index contributed by atoms with van der Waals surface area (Å²) in [5.74, 6) is 1.65. The number of halogens is 1. The van der Waals surface area contributed by atoms with Gasteiger partial charge in [-0.1, -0.05) is 41.5 Å². The molecule has 4 aromatic rings. The average Bonchev–Trinajstić information content (AvgIpc) is 3.89. The molecule has 0 aliphatic heterocycles. The average molecular weight is 982 g/mol. The second-order valence-electron chi connectivity index (χ2n) is 21.1. The highest BCUT2D eigenvalue weighted by Crippen LogP contribution is 2.43. The molecule has 19 heteroatoms. The third-order valence-electron chi connectivity index (χ3n) is 11.0. The Kier molecular flexibility index (Phi) is 17.8. The van der Waals surface area contributed by atoms with Crippen molar-refractivity contribution in [3.63, 3.8) is 0 Å². The van der Waals surface area contributed by atoms with Crippen LogP contribution in [0.15, 0.2) is 12.1 Å². The summed E-state index contributed by atoms with van der Waals surface area (Å²) in [5.41, 5.74) is 0.244. The normalized spacial score (nSPS) is 13.8. The molecule has 14 nitrogen and oxygen atoms in total. The Morgan fingerprint density at radius 2 is 1.02 bits per heavy atom. The number of hydrogen-bond acceptors (Lipinski definition) is 14. The van der Waals surface area contributed by atoms with E-state index in [1.807, 2.05) is 73.8 Å². The fourth-order valence-electron chi connectivity index (χ4n) is 5.95. The van der Waals surface area contributed by atoms with Gasteiger partial charge in [0.05, 0.1) is 31.4 Å². The van der Waals surface area contributed by atoms with Crippen molar-refractivity contribution in [1.29, 1.82) is 0 Å². The molecule has 2 atom stereocenters. The molecule has 0 bridgehead atoms. The van der Waals surface area contributed by atoms with Gasteiger partial charge in [0.25, 0.3) is 0 Å². The number of esters is 3. The van der Waals surface area contributed by atoms with Crippen LogP contribution in [0, 0.1) is 27.7 Å². The lowest BCUT2D eigenvalue weighted by Crippen LogP contribution is -2.42. The Hall–Kier alpha value is -3.27. The molecule has 0 aliphatic rings. The fraction of sp³-hybridized carbons (Fsp3) is 0.667. The molecule has 0 amide bonds. The van der Waals surface area contributed by atoms with Crippen LogP contribution in [0.1, 0.15) is 157 Å².